The predicted octanol–water partition coefficient (Wildman–Crippen LogP) is 1.02. The number of benzene rings is 2. The summed E-state index contributed by atoms with van der Waals surface area (Å²) >= 11 is 0. The number of nitrogens with zero attached hydrogens (tertiary/aromatic N) is 2. The van der Waals surface area contributed by atoms with E-state index in [9.17, 15) is 24.0 Å². The molecule has 0 radical (unpaired) electrons. The second kappa shape index (κ2) is 13.5. The highest BCUT2D eigenvalue weighted by Crippen LogP contribution is 2.24. The highest BCUT2D eigenvalue weighted by molar-refractivity contribution is 6.01. The molecule has 2 aromatic rings. The van der Waals surface area contributed by atoms with Gasteiger partial charge in [0.25, 0.3) is 5.91 Å². The molecule has 0 saturated carbocycles. The highest BCUT2D eigenvalue weighted by Gasteiger charge is 2.36. The van der Waals surface area contributed by atoms with Crippen LogP contribution in [0.2, 0.25) is 0 Å². The number of rotatable bonds is 6. The number of fused-ring (bicyclic) bond motifs is 2. The van der Waals surface area contributed by atoms with Crippen molar-refractivity contribution in [3.8, 4) is 5.75 Å². The summed E-state index contributed by atoms with van der Waals surface area (Å²) < 4.78 is 6.09. The molecule has 3 aliphatic rings. The molecular weight excluding hydrogens is 538 g/mol. The third-order valence-electron chi connectivity index (χ3n) is 8.00. The first-order valence-corrected chi connectivity index (χ1v) is 14.6. The van der Waals surface area contributed by atoms with E-state index in [2.05, 4.69) is 16.0 Å². The number of carbonyl (C=O) groups is 5. The van der Waals surface area contributed by atoms with E-state index in [0.717, 1.165) is 24.8 Å². The zero-order valence-corrected chi connectivity index (χ0v) is 23.6. The van der Waals surface area contributed by atoms with E-state index in [0.29, 0.717) is 31.8 Å². The summed E-state index contributed by atoms with van der Waals surface area (Å²) in [6.07, 6.45) is 2.75. The van der Waals surface area contributed by atoms with Crippen molar-refractivity contribution in [3.05, 3.63) is 65.7 Å². The van der Waals surface area contributed by atoms with Crippen LogP contribution in [0.5, 0.6) is 5.75 Å². The van der Waals surface area contributed by atoms with Gasteiger partial charge < -0.3 is 30.5 Å². The predicted molar refractivity (Wildman–Crippen MR) is 153 cm³/mol. The van der Waals surface area contributed by atoms with Gasteiger partial charge in [-0.05, 0) is 37.0 Å². The first-order chi connectivity index (χ1) is 20.4. The minimum atomic E-state index is -1.21. The fourth-order valence-corrected chi connectivity index (χ4v) is 5.78. The van der Waals surface area contributed by atoms with Crippen molar-refractivity contribution in [2.45, 2.75) is 56.7 Å². The molecule has 11 heteroatoms. The first kappa shape index (κ1) is 29.1. The van der Waals surface area contributed by atoms with Crippen molar-refractivity contribution in [3.63, 3.8) is 0 Å². The van der Waals surface area contributed by atoms with Gasteiger partial charge in [0, 0.05) is 39.0 Å². The normalized spacial score (nSPS) is 23.3. The Morgan fingerprint density at radius 2 is 1.74 bits per heavy atom. The molecule has 3 aliphatic heterocycles. The van der Waals surface area contributed by atoms with E-state index < -0.39 is 29.8 Å². The van der Waals surface area contributed by atoms with Gasteiger partial charge in [0.15, 0.2) is 0 Å². The van der Waals surface area contributed by atoms with Gasteiger partial charge in [-0.1, -0.05) is 42.5 Å². The molecule has 0 unspecified atom stereocenters. The van der Waals surface area contributed by atoms with Crippen LogP contribution in [-0.2, 0) is 25.6 Å². The summed E-state index contributed by atoms with van der Waals surface area (Å²) in [6, 6.07) is 13.9. The number of carbonyl (C=O) groups excluding carboxylic acids is 5. The maximum atomic E-state index is 13.8. The van der Waals surface area contributed by atoms with E-state index in [-0.39, 0.29) is 49.4 Å². The third kappa shape index (κ3) is 7.07. The van der Waals surface area contributed by atoms with E-state index >= 15 is 0 Å². The molecule has 42 heavy (non-hydrogen) atoms. The van der Waals surface area contributed by atoms with Gasteiger partial charge in [-0.15, -0.1) is 0 Å². The Morgan fingerprint density at radius 3 is 2.52 bits per heavy atom. The largest absolute Gasteiger partial charge is 0.491 e. The Labute approximate surface area is 244 Å². The van der Waals surface area contributed by atoms with Gasteiger partial charge in [-0.25, -0.2) is 0 Å². The number of ether oxygens (including phenoxy) is 1. The Balaban J connectivity index is 1.38. The van der Waals surface area contributed by atoms with Crippen LogP contribution < -0.4 is 20.7 Å². The zero-order chi connectivity index (χ0) is 29.5. The van der Waals surface area contributed by atoms with Crippen LogP contribution in [0.4, 0.5) is 0 Å². The van der Waals surface area contributed by atoms with Gasteiger partial charge in [-0.2, -0.15) is 0 Å². The Bertz CT molecular complexity index is 1320. The lowest BCUT2D eigenvalue weighted by Crippen LogP contribution is -2.55. The first-order valence-electron chi connectivity index (χ1n) is 14.6. The van der Waals surface area contributed by atoms with Crippen molar-refractivity contribution in [1.82, 2.24) is 25.8 Å². The van der Waals surface area contributed by atoms with Crippen molar-refractivity contribution in [1.29, 1.82) is 0 Å². The van der Waals surface area contributed by atoms with E-state index in [4.69, 9.17) is 4.74 Å². The van der Waals surface area contributed by atoms with Crippen LogP contribution in [0.3, 0.4) is 0 Å². The summed E-state index contributed by atoms with van der Waals surface area (Å²) in [4.78, 5) is 69.3. The average Bonchev–Trinajstić information content (AvgIpc) is 3.63. The van der Waals surface area contributed by atoms with Crippen molar-refractivity contribution in [2.24, 2.45) is 0 Å². The second-order valence-electron chi connectivity index (χ2n) is 11.0. The van der Waals surface area contributed by atoms with Crippen molar-refractivity contribution < 1.29 is 28.7 Å². The van der Waals surface area contributed by atoms with Crippen LogP contribution in [0.15, 0.2) is 54.6 Å². The van der Waals surface area contributed by atoms with E-state index in [1.165, 1.54) is 0 Å². The number of hydrogen-bond donors (Lipinski definition) is 3. The standard InChI is InChI=1S/C31H37N5O6/c37-27-19-24(30(40)32-14-17-35-15-7-13-28(35)38)34-29(39)23-11-4-5-12-26(23)42-20-22-10-6-16-36(22)31(41)25(33-27)18-21-8-2-1-3-9-21/h1-5,8-9,11-12,22,24-25H,6-7,10,13-20H2,(H,32,40)(H,33,37)(H,34,39)/t22-,24+,25+/m1/s1. The fraction of sp³-hybridized carbons (Fsp3) is 0.452. The Kier molecular flexibility index (Phi) is 9.35. The molecule has 0 aromatic heterocycles. The van der Waals surface area contributed by atoms with Crippen LogP contribution in [0, 0.1) is 0 Å². The van der Waals surface area contributed by atoms with Crippen LogP contribution in [-0.4, -0.2) is 90.2 Å². The summed E-state index contributed by atoms with van der Waals surface area (Å²) in [5.74, 6) is -1.46. The van der Waals surface area contributed by atoms with E-state index in [1.807, 2.05) is 30.3 Å². The van der Waals surface area contributed by atoms with Gasteiger partial charge >= 0.3 is 0 Å². The summed E-state index contributed by atoms with van der Waals surface area (Å²) in [7, 11) is 0. The molecule has 2 saturated heterocycles. The molecule has 2 aromatic carbocycles. The summed E-state index contributed by atoms with van der Waals surface area (Å²) in [6.45, 7) is 1.91. The van der Waals surface area contributed by atoms with Crippen LogP contribution in [0.25, 0.3) is 0 Å². The van der Waals surface area contributed by atoms with Gasteiger partial charge in [-0.3, -0.25) is 24.0 Å². The lowest BCUT2D eigenvalue weighted by atomic mass is 10.0. The topological polar surface area (TPSA) is 137 Å². The number of nitrogens with one attached hydrogen (secondary N) is 3. The molecule has 3 N–H and O–H groups in total. The molecule has 2 fully saturated rings. The lowest BCUT2D eigenvalue weighted by molar-refractivity contribution is -0.138. The van der Waals surface area contributed by atoms with Crippen molar-refractivity contribution in [2.75, 3.05) is 32.8 Å². The number of amides is 5. The second-order valence-corrected chi connectivity index (χ2v) is 11.0. The smallest absolute Gasteiger partial charge is 0.255 e. The summed E-state index contributed by atoms with van der Waals surface area (Å²) in [5, 5.41) is 8.31. The molecule has 0 bridgehead atoms. The monoisotopic (exact) mass is 575 g/mol. The SMILES string of the molecule is O=C1C[C@@H](C(=O)NCCN2CCCC2=O)NC(=O)c2ccccc2OC[C@H]2CCCN2C(=O)[C@H](Cc2ccccc2)N1. The molecule has 222 valence electrons. The number of likely N-dealkylation sites (tertiary alicyclic amines) is 1. The quantitative estimate of drug-likeness (QED) is 0.471. The van der Waals surface area contributed by atoms with E-state index in [1.54, 1.807) is 34.1 Å². The molecular formula is C31H37N5O6. The Morgan fingerprint density at radius 1 is 0.952 bits per heavy atom. The molecule has 5 amide bonds. The average molecular weight is 576 g/mol. The molecule has 3 atom stereocenters. The minimum absolute atomic E-state index is 0.0425. The number of para-hydroxylation sites is 1. The maximum Gasteiger partial charge on any atom is 0.255 e. The van der Waals surface area contributed by atoms with Gasteiger partial charge in [0.2, 0.25) is 23.6 Å². The van der Waals surface area contributed by atoms with Crippen LogP contribution >= 0.6 is 0 Å². The summed E-state index contributed by atoms with van der Waals surface area (Å²) in [5.41, 5.74) is 1.12. The minimum Gasteiger partial charge on any atom is -0.491 e. The highest BCUT2D eigenvalue weighted by atomic mass is 16.5. The molecule has 11 nitrogen and oxygen atoms in total. The molecule has 0 aliphatic carbocycles. The van der Waals surface area contributed by atoms with Crippen LogP contribution in [0.1, 0.15) is 48.0 Å². The van der Waals surface area contributed by atoms with Gasteiger partial charge in [0.05, 0.1) is 18.0 Å². The van der Waals surface area contributed by atoms with Gasteiger partial charge in [0.1, 0.15) is 24.4 Å². The lowest BCUT2D eigenvalue weighted by Gasteiger charge is -2.30. The molecule has 0 spiro atoms. The molecule has 3 heterocycles. The Hall–Kier alpha value is -4.41. The third-order valence-corrected chi connectivity index (χ3v) is 8.00. The zero-order valence-electron chi connectivity index (χ0n) is 23.6. The van der Waals surface area contributed by atoms with Crippen molar-refractivity contribution >= 4 is 29.5 Å². The maximum absolute atomic E-state index is 13.8. The molecule has 5 rings (SSSR count). The fourth-order valence-electron chi connectivity index (χ4n) is 5.78. The number of hydrogen-bond acceptors (Lipinski definition) is 6.